The topological polar surface area (TPSA) is 82.9 Å². The molecule has 2 unspecified atom stereocenters. The van der Waals surface area contributed by atoms with Gasteiger partial charge in [-0.1, -0.05) is 121 Å². The molecule has 0 saturated carbocycles. The van der Waals surface area contributed by atoms with Gasteiger partial charge in [0, 0.05) is 39.3 Å². The van der Waals surface area contributed by atoms with Crippen LogP contribution < -0.4 is 0 Å². The quantitative estimate of drug-likeness (QED) is 0.0930. The van der Waals surface area contributed by atoms with E-state index in [0.29, 0.717) is 29.9 Å². The van der Waals surface area contributed by atoms with Gasteiger partial charge in [-0.15, -0.1) is 22.7 Å². The summed E-state index contributed by atoms with van der Waals surface area (Å²) in [5, 5.41) is 11.9. The van der Waals surface area contributed by atoms with Crippen molar-refractivity contribution in [3.63, 3.8) is 0 Å². The van der Waals surface area contributed by atoms with E-state index in [4.69, 9.17) is 0 Å². The maximum atomic E-state index is 15.3. The number of hydrogen-bond acceptors (Lipinski definition) is 5. The highest BCUT2D eigenvalue weighted by molar-refractivity contribution is 7.17. The smallest absolute Gasteiger partial charge is 0.335 e. The SMILES string of the molecule is CCCCC(CC)CN1C(=O)C2=C(c3ccc(-c4ccc5c(c4)c4ccccc4n5-c4ccccc4)s3)N(CC(CC)CCCC)C(=O)C2=C1c1ccc(-c2ccc(C(=O)O)cc2)s1. The highest BCUT2D eigenvalue weighted by Gasteiger charge is 2.50. The van der Waals surface area contributed by atoms with Crippen LogP contribution in [0.5, 0.6) is 0 Å². The minimum absolute atomic E-state index is 0.0988. The summed E-state index contributed by atoms with van der Waals surface area (Å²) in [5.74, 6) is -0.592. The number of hydrogen-bond donors (Lipinski definition) is 1. The van der Waals surface area contributed by atoms with Crippen molar-refractivity contribution in [1.82, 2.24) is 14.4 Å². The summed E-state index contributed by atoms with van der Waals surface area (Å²) in [4.78, 5) is 50.0. The molecule has 1 N–H and O–H groups in total. The molecule has 5 heterocycles. The van der Waals surface area contributed by atoms with Crippen LogP contribution in [0, 0.1) is 11.8 Å². The number of rotatable bonds is 18. The van der Waals surface area contributed by atoms with Gasteiger partial charge in [0.1, 0.15) is 0 Å². The van der Waals surface area contributed by atoms with E-state index >= 15 is 9.59 Å². The number of carbonyl (C=O) groups excluding carboxylic acids is 2. The van der Waals surface area contributed by atoms with E-state index in [2.05, 4.69) is 111 Å². The zero-order valence-electron chi connectivity index (χ0n) is 37.1. The summed E-state index contributed by atoms with van der Waals surface area (Å²) in [7, 11) is 0. The third-order valence-corrected chi connectivity index (χ3v) is 15.5. The second-order valence-corrected chi connectivity index (χ2v) is 19.4. The molecule has 2 aliphatic rings. The van der Waals surface area contributed by atoms with Gasteiger partial charge in [-0.25, -0.2) is 4.79 Å². The third kappa shape index (κ3) is 7.94. The number of nitrogens with zero attached hydrogens (tertiary/aromatic N) is 3. The number of amides is 2. The van der Waals surface area contributed by atoms with Gasteiger partial charge < -0.3 is 19.5 Å². The predicted octanol–water partition coefficient (Wildman–Crippen LogP) is 14.2. The van der Waals surface area contributed by atoms with Crippen LogP contribution in [0.2, 0.25) is 0 Å². The zero-order valence-corrected chi connectivity index (χ0v) is 38.7. The molecule has 0 radical (unpaired) electrons. The number of carbonyl (C=O) groups is 3. The molecular formula is C55H55N3O4S2. The van der Waals surface area contributed by atoms with Crippen LogP contribution in [0.4, 0.5) is 0 Å². The first kappa shape index (κ1) is 43.2. The van der Waals surface area contributed by atoms with Crippen molar-refractivity contribution in [3.8, 4) is 26.6 Å². The zero-order chi connectivity index (χ0) is 44.5. The van der Waals surface area contributed by atoms with Crippen molar-refractivity contribution in [2.45, 2.75) is 79.1 Å². The molecule has 0 bridgehead atoms. The van der Waals surface area contributed by atoms with E-state index in [1.165, 1.54) is 10.8 Å². The van der Waals surface area contributed by atoms with Gasteiger partial charge in [-0.2, -0.15) is 0 Å². The number of benzene rings is 4. The van der Waals surface area contributed by atoms with Gasteiger partial charge in [0.05, 0.1) is 48.9 Å². The number of thiophene rings is 2. The van der Waals surface area contributed by atoms with Crippen molar-refractivity contribution >= 4 is 73.7 Å². The highest BCUT2D eigenvalue weighted by Crippen LogP contribution is 2.51. The Hall–Kier alpha value is -6.03. The van der Waals surface area contributed by atoms with Crippen LogP contribution in [-0.4, -0.2) is 50.3 Å². The van der Waals surface area contributed by atoms with Crippen molar-refractivity contribution in [2.24, 2.45) is 11.8 Å². The lowest BCUT2D eigenvalue weighted by Gasteiger charge is -2.29. The molecule has 326 valence electrons. The first-order valence-corrected chi connectivity index (χ1v) is 24.6. The Morgan fingerprint density at radius 1 is 0.562 bits per heavy atom. The third-order valence-electron chi connectivity index (χ3n) is 13.2. The minimum atomic E-state index is -0.968. The molecule has 0 saturated heterocycles. The van der Waals surface area contributed by atoms with Crippen molar-refractivity contribution in [3.05, 3.63) is 148 Å². The lowest BCUT2D eigenvalue weighted by atomic mass is 9.98. The molecule has 3 aromatic heterocycles. The van der Waals surface area contributed by atoms with Crippen molar-refractivity contribution < 1.29 is 19.5 Å². The molecule has 0 fully saturated rings. The molecule has 2 amide bonds. The van der Waals surface area contributed by atoms with E-state index in [1.807, 2.05) is 40.1 Å². The summed E-state index contributed by atoms with van der Waals surface area (Å²) in [5.41, 5.74) is 8.10. The normalized spacial score (nSPS) is 15.1. The number of carboxylic acid groups (broad SMARTS) is 1. The molecule has 0 spiro atoms. The Morgan fingerprint density at radius 3 is 1.61 bits per heavy atom. The first-order valence-electron chi connectivity index (χ1n) is 23.0. The fraction of sp³-hybridized carbons (Fsp3) is 0.291. The molecule has 7 nitrogen and oxygen atoms in total. The molecule has 9 heteroatoms. The molecule has 2 atom stereocenters. The van der Waals surface area contributed by atoms with Gasteiger partial charge in [0.15, 0.2) is 0 Å². The Bertz CT molecular complexity index is 2930. The summed E-state index contributed by atoms with van der Waals surface area (Å²) < 4.78 is 2.32. The lowest BCUT2D eigenvalue weighted by Crippen LogP contribution is -2.34. The summed E-state index contributed by atoms with van der Waals surface area (Å²) in [6.07, 6.45) is 8.22. The molecule has 2 aliphatic heterocycles. The number of aromatic carboxylic acids is 1. The molecule has 0 aliphatic carbocycles. The number of aromatic nitrogens is 1. The van der Waals surface area contributed by atoms with Gasteiger partial charge in [0.2, 0.25) is 0 Å². The predicted molar refractivity (Wildman–Crippen MR) is 265 cm³/mol. The van der Waals surface area contributed by atoms with E-state index in [0.717, 1.165) is 104 Å². The Balaban J connectivity index is 1.18. The summed E-state index contributed by atoms with van der Waals surface area (Å²) in [6, 6.07) is 41.0. The Labute approximate surface area is 384 Å². The van der Waals surface area contributed by atoms with Crippen LogP contribution in [0.1, 0.15) is 99.2 Å². The number of fused-ring (bicyclic) bond motifs is 4. The number of unbranched alkanes of at least 4 members (excludes halogenated alkanes) is 2. The van der Waals surface area contributed by atoms with E-state index in [1.54, 1.807) is 34.8 Å². The van der Waals surface area contributed by atoms with Crippen LogP contribution in [-0.2, 0) is 9.59 Å². The molecule has 64 heavy (non-hydrogen) atoms. The van der Waals surface area contributed by atoms with Gasteiger partial charge in [-0.3, -0.25) is 9.59 Å². The molecular weight excluding hydrogens is 831 g/mol. The second kappa shape index (κ2) is 18.6. The fourth-order valence-electron chi connectivity index (χ4n) is 9.61. The monoisotopic (exact) mass is 885 g/mol. The highest BCUT2D eigenvalue weighted by atomic mass is 32.1. The lowest BCUT2D eigenvalue weighted by molar-refractivity contribution is -0.124. The minimum Gasteiger partial charge on any atom is -0.478 e. The summed E-state index contributed by atoms with van der Waals surface area (Å²) in [6.45, 7) is 9.90. The standard InChI is InChI=1S/C55H55N3O4S2/c1-5-9-16-35(7-3)33-56-51(47-30-28-45(63-47)37-22-24-38(25-23-37)55(61)62)49-50(54(56)60)52(57(53(49)59)34-36(8-4)17-10-6-2)48-31-29-46(64-48)39-26-27-44-42(32-39)41-20-14-15-21-43(41)58(44)40-18-12-11-13-19-40/h11-15,18-32,35-36H,5-10,16-17,33-34H2,1-4H3,(H,61,62). The number of carboxylic acids is 1. The molecule has 9 rings (SSSR count). The first-order chi connectivity index (χ1) is 31.2. The van der Waals surface area contributed by atoms with Gasteiger partial charge >= 0.3 is 5.97 Å². The second-order valence-electron chi connectivity index (χ2n) is 17.2. The van der Waals surface area contributed by atoms with Crippen LogP contribution in [0.3, 0.4) is 0 Å². The molecule has 7 aromatic rings. The molecule has 4 aromatic carbocycles. The fourth-order valence-corrected chi connectivity index (χ4v) is 11.7. The Morgan fingerprint density at radius 2 is 1.06 bits per heavy atom. The van der Waals surface area contributed by atoms with Crippen molar-refractivity contribution in [2.75, 3.05) is 13.1 Å². The maximum absolute atomic E-state index is 15.3. The largest absolute Gasteiger partial charge is 0.478 e. The van der Waals surface area contributed by atoms with Crippen LogP contribution >= 0.6 is 22.7 Å². The van der Waals surface area contributed by atoms with E-state index in [9.17, 15) is 9.90 Å². The van der Waals surface area contributed by atoms with Gasteiger partial charge in [-0.05, 0) is 103 Å². The average molecular weight is 886 g/mol. The Kier molecular flexibility index (Phi) is 12.6. The average Bonchev–Trinajstić information content (AvgIpc) is 4.16. The van der Waals surface area contributed by atoms with E-state index in [-0.39, 0.29) is 29.2 Å². The van der Waals surface area contributed by atoms with Crippen molar-refractivity contribution in [1.29, 1.82) is 0 Å². The van der Waals surface area contributed by atoms with E-state index < -0.39 is 5.97 Å². The number of para-hydroxylation sites is 2. The summed E-state index contributed by atoms with van der Waals surface area (Å²) >= 11 is 3.20. The van der Waals surface area contributed by atoms with Gasteiger partial charge in [0.25, 0.3) is 11.8 Å². The van der Waals surface area contributed by atoms with Crippen LogP contribution in [0.25, 0.3) is 59.8 Å². The van der Waals surface area contributed by atoms with Crippen LogP contribution in [0.15, 0.2) is 132 Å². The maximum Gasteiger partial charge on any atom is 0.335 e.